The van der Waals surface area contributed by atoms with Gasteiger partial charge in [0, 0.05) is 19.6 Å². The zero-order valence-corrected chi connectivity index (χ0v) is 12.5. The molecule has 2 rings (SSSR count). The molecular weight excluding hydrogens is 252 g/mol. The average molecular weight is 278 g/mol. The maximum Gasteiger partial charge on any atom is 0.119 e. The summed E-state index contributed by atoms with van der Waals surface area (Å²) in [6.45, 7) is 8.16. The zero-order valence-electron chi connectivity index (χ0n) is 12.5. The van der Waals surface area contributed by atoms with Crippen LogP contribution in [0.1, 0.15) is 25.8 Å². The molecule has 1 atom stereocenters. The topological polar surface area (TPSA) is 58.7 Å². The molecule has 0 saturated carbocycles. The second kappa shape index (κ2) is 6.57. The van der Waals surface area contributed by atoms with Crippen molar-refractivity contribution in [2.24, 2.45) is 11.1 Å². The number of ether oxygens (including phenoxy) is 1. The smallest absolute Gasteiger partial charge is 0.119 e. The fourth-order valence-corrected chi connectivity index (χ4v) is 2.69. The number of rotatable bonds is 6. The van der Waals surface area contributed by atoms with Crippen molar-refractivity contribution >= 4 is 0 Å². The van der Waals surface area contributed by atoms with Crippen molar-refractivity contribution < 1.29 is 9.84 Å². The predicted octanol–water partition coefficient (Wildman–Crippen LogP) is 1.62. The molecule has 3 N–H and O–H groups in total. The minimum absolute atomic E-state index is 0.324. The first kappa shape index (κ1) is 15.3. The van der Waals surface area contributed by atoms with Gasteiger partial charge in [0.25, 0.3) is 0 Å². The molecule has 1 aromatic carbocycles. The molecule has 0 bridgehead atoms. The summed E-state index contributed by atoms with van der Waals surface area (Å²) in [5.74, 6) is 0.772. The molecule has 1 aromatic rings. The van der Waals surface area contributed by atoms with E-state index in [0.29, 0.717) is 25.1 Å². The van der Waals surface area contributed by atoms with Gasteiger partial charge in [-0.25, -0.2) is 0 Å². The van der Waals surface area contributed by atoms with Gasteiger partial charge in [-0.3, -0.25) is 0 Å². The summed E-state index contributed by atoms with van der Waals surface area (Å²) >= 11 is 0. The van der Waals surface area contributed by atoms with Crippen molar-refractivity contribution in [1.29, 1.82) is 0 Å². The molecule has 20 heavy (non-hydrogen) atoms. The van der Waals surface area contributed by atoms with Gasteiger partial charge < -0.3 is 20.5 Å². The maximum atomic E-state index is 10.1. The van der Waals surface area contributed by atoms with Crippen molar-refractivity contribution in [3.63, 3.8) is 0 Å². The van der Waals surface area contributed by atoms with Gasteiger partial charge in [0.05, 0.1) is 0 Å². The fraction of sp³-hybridized carbons (Fsp3) is 0.625. The third-order valence-corrected chi connectivity index (χ3v) is 3.80. The molecule has 112 valence electrons. The number of nitrogens with zero attached hydrogens (tertiary/aromatic N) is 1. The standard InChI is InChI=1S/C16H26N2O2/c1-16(2)6-7-18(12-16)10-14(19)11-20-15-5-3-4-13(8-15)9-17/h3-5,8,14,19H,6-7,9-12,17H2,1-2H3. The van der Waals surface area contributed by atoms with Crippen LogP contribution in [0.3, 0.4) is 0 Å². The molecular formula is C16H26N2O2. The van der Waals surface area contributed by atoms with Gasteiger partial charge in [-0.15, -0.1) is 0 Å². The number of β-amino-alcohol motifs (C(OH)–C–C–N with tert-alkyl or cyclic N) is 1. The quantitative estimate of drug-likeness (QED) is 0.830. The normalized spacial score (nSPS) is 20.0. The Bertz CT molecular complexity index is 434. The van der Waals surface area contributed by atoms with Crippen LogP contribution in [0.2, 0.25) is 0 Å². The van der Waals surface area contributed by atoms with Crippen molar-refractivity contribution in [2.75, 3.05) is 26.2 Å². The lowest BCUT2D eigenvalue weighted by molar-refractivity contribution is 0.0730. The Hall–Kier alpha value is -1.10. The Morgan fingerprint density at radius 1 is 1.45 bits per heavy atom. The van der Waals surface area contributed by atoms with Gasteiger partial charge in [-0.2, -0.15) is 0 Å². The summed E-state index contributed by atoms with van der Waals surface area (Å²) < 4.78 is 5.64. The van der Waals surface area contributed by atoms with Gasteiger partial charge in [0.2, 0.25) is 0 Å². The molecule has 0 aliphatic carbocycles. The van der Waals surface area contributed by atoms with Crippen LogP contribution in [-0.2, 0) is 6.54 Å². The van der Waals surface area contributed by atoms with Crippen molar-refractivity contribution in [1.82, 2.24) is 4.90 Å². The zero-order chi connectivity index (χ0) is 14.6. The van der Waals surface area contributed by atoms with Crippen LogP contribution >= 0.6 is 0 Å². The third-order valence-electron chi connectivity index (χ3n) is 3.80. The first-order valence-electron chi connectivity index (χ1n) is 7.31. The van der Waals surface area contributed by atoms with E-state index < -0.39 is 6.10 Å². The number of nitrogens with two attached hydrogens (primary N) is 1. The van der Waals surface area contributed by atoms with Crippen LogP contribution in [0, 0.1) is 5.41 Å². The third kappa shape index (κ3) is 4.47. The summed E-state index contributed by atoms with van der Waals surface area (Å²) in [6, 6.07) is 7.71. The van der Waals surface area contributed by atoms with Gasteiger partial charge in [0.1, 0.15) is 18.5 Å². The maximum absolute atomic E-state index is 10.1. The molecule has 0 aromatic heterocycles. The summed E-state index contributed by atoms with van der Waals surface area (Å²) in [5.41, 5.74) is 7.01. The summed E-state index contributed by atoms with van der Waals surface area (Å²) in [4.78, 5) is 2.31. The Balaban J connectivity index is 1.76. The van der Waals surface area contributed by atoms with Gasteiger partial charge >= 0.3 is 0 Å². The van der Waals surface area contributed by atoms with Gasteiger partial charge in [-0.05, 0) is 36.1 Å². The number of aliphatic hydroxyl groups excluding tert-OH is 1. The van der Waals surface area contributed by atoms with E-state index in [9.17, 15) is 5.11 Å². The number of aliphatic hydroxyl groups is 1. The predicted molar refractivity (Wildman–Crippen MR) is 80.7 cm³/mol. The highest BCUT2D eigenvalue weighted by Crippen LogP contribution is 2.28. The molecule has 1 heterocycles. The van der Waals surface area contributed by atoms with E-state index in [0.717, 1.165) is 24.4 Å². The average Bonchev–Trinajstić information content (AvgIpc) is 2.76. The number of hydrogen-bond acceptors (Lipinski definition) is 4. The van der Waals surface area contributed by atoms with E-state index in [4.69, 9.17) is 10.5 Å². The largest absolute Gasteiger partial charge is 0.491 e. The lowest BCUT2D eigenvalue weighted by atomic mass is 9.93. The lowest BCUT2D eigenvalue weighted by Gasteiger charge is -2.22. The summed E-state index contributed by atoms with van der Waals surface area (Å²) in [7, 11) is 0. The second-order valence-electron chi connectivity index (χ2n) is 6.47. The Morgan fingerprint density at radius 3 is 2.90 bits per heavy atom. The monoisotopic (exact) mass is 278 g/mol. The first-order valence-corrected chi connectivity index (χ1v) is 7.31. The number of likely N-dealkylation sites (tertiary alicyclic amines) is 1. The summed E-state index contributed by atoms with van der Waals surface area (Å²) in [5, 5.41) is 10.1. The van der Waals surface area contributed by atoms with E-state index >= 15 is 0 Å². The van der Waals surface area contributed by atoms with Crippen molar-refractivity contribution in [3.05, 3.63) is 29.8 Å². The summed E-state index contributed by atoms with van der Waals surface area (Å²) in [6.07, 6.45) is 0.740. The molecule has 0 spiro atoms. The van der Waals surface area contributed by atoms with Crippen LogP contribution in [-0.4, -0.2) is 42.4 Å². The Labute approximate surface area is 121 Å². The highest BCUT2D eigenvalue weighted by Gasteiger charge is 2.29. The van der Waals surface area contributed by atoms with E-state index in [2.05, 4.69) is 18.7 Å². The van der Waals surface area contributed by atoms with Crippen LogP contribution in [0.4, 0.5) is 0 Å². The fourth-order valence-electron chi connectivity index (χ4n) is 2.69. The van der Waals surface area contributed by atoms with Crippen LogP contribution in [0.15, 0.2) is 24.3 Å². The molecule has 1 aliphatic heterocycles. The molecule has 1 aliphatic rings. The van der Waals surface area contributed by atoms with Crippen LogP contribution in [0.25, 0.3) is 0 Å². The SMILES string of the molecule is CC1(C)CCN(CC(O)COc2cccc(CN)c2)C1. The van der Waals surface area contributed by atoms with Crippen LogP contribution < -0.4 is 10.5 Å². The number of hydrogen-bond donors (Lipinski definition) is 2. The minimum Gasteiger partial charge on any atom is -0.491 e. The highest BCUT2D eigenvalue weighted by atomic mass is 16.5. The number of benzene rings is 1. The Kier molecular flexibility index (Phi) is 5.02. The minimum atomic E-state index is -0.453. The highest BCUT2D eigenvalue weighted by molar-refractivity contribution is 5.28. The van der Waals surface area contributed by atoms with E-state index in [1.807, 2.05) is 24.3 Å². The van der Waals surface area contributed by atoms with Crippen molar-refractivity contribution in [3.8, 4) is 5.75 Å². The lowest BCUT2D eigenvalue weighted by Crippen LogP contribution is -2.35. The van der Waals surface area contributed by atoms with Crippen LogP contribution in [0.5, 0.6) is 5.75 Å². The second-order valence-corrected chi connectivity index (χ2v) is 6.47. The molecule has 1 unspecified atom stereocenters. The van der Waals surface area contributed by atoms with Gasteiger partial charge in [-0.1, -0.05) is 26.0 Å². The van der Waals surface area contributed by atoms with E-state index in [-0.39, 0.29) is 0 Å². The van der Waals surface area contributed by atoms with Crippen molar-refractivity contribution in [2.45, 2.75) is 32.9 Å². The first-order chi connectivity index (χ1) is 9.48. The molecule has 4 heteroatoms. The molecule has 1 fully saturated rings. The molecule has 0 amide bonds. The van der Waals surface area contributed by atoms with Gasteiger partial charge in [0.15, 0.2) is 0 Å². The van der Waals surface area contributed by atoms with E-state index in [1.54, 1.807) is 0 Å². The molecule has 4 nitrogen and oxygen atoms in total. The molecule has 0 radical (unpaired) electrons. The molecule has 1 saturated heterocycles. The Morgan fingerprint density at radius 2 is 2.25 bits per heavy atom. The van der Waals surface area contributed by atoms with E-state index in [1.165, 1.54) is 6.42 Å².